The molecule has 2 aromatic carbocycles. The van der Waals surface area contributed by atoms with Crippen molar-refractivity contribution in [3.63, 3.8) is 0 Å². The average molecular weight is 444 g/mol. The van der Waals surface area contributed by atoms with Crippen LogP contribution < -0.4 is 10.9 Å². The first-order valence-electron chi connectivity index (χ1n) is 11.1. The Morgan fingerprint density at radius 1 is 1.00 bits per heavy atom. The lowest BCUT2D eigenvalue weighted by atomic mass is 10.1. The summed E-state index contributed by atoms with van der Waals surface area (Å²) in [6.45, 7) is 11.8. The molecule has 2 aromatic heterocycles. The molecule has 0 atom stereocenters. The summed E-state index contributed by atoms with van der Waals surface area (Å²) in [5.74, 6) is -0.247. The number of rotatable bonds is 5. The highest BCUT2D eigenvalue weighted by atomic mass is 16.2. The van der Waals surface area contributed by atoms with Crippen molar-refractivity contribution in [3.8, 4) is 5.69 Å². The SMILES string of the molecule is Cc1ccc(C)c(NC(=O)Cn2nc(C(C)C)c3cnn(-c4ccc(C)c(C)c4)c3c2=O)c1. The number of nitrogens with zero attached hydrogens (tertiary/aromatic N) is 4. The number of nitrogens with one attached hydrogen (secondary N) is 1. The van der Waals surface area contributed by atoms with Crippen LogP contribution in [0.15, 0.2) is 47.4 Å². The second-order valence-electron chi connectivity index (χ2n) is 8.96. The summed E-state index contributed by atoms with van der Waals surface area (Å²) >= 11 is 0. The molecule has 0 aliphatic heterocycles. The molecule has 1 N–H and O–H groups in total. The summed E-state index contributed by atoms with van der Waals surface area (Å²) in [5, 5.41) is 12.7. The molecule has 0 aliphatic rings. The quantitative estimate of drug-likeness (QED) is 0.490. The summed E-state index contributed by atoms with van der Waals surface area (Å²) in [4.78, 5) is 26.3. The maximum Gasteiger partial charge on any atom is 0.293 e. The summed E-state index contributed by atoms with van der Waals surface area (Å²) in [6, 6.07) is 11.8. The van der Waals surface area contributed by atoms with Gasteiger partial charge in [-0.3, -0.25) is 9.59 Å². The van der Waals surface area contributed by atoms with Gasteiger partial charge in [-0.2, -0.15) is 10.2 Å². The maximum atomic E-state index is 13.5. The van der Waals surface area contributed by atoms with E-state index in [9.17, 15) is 9.59 Å². The first kappa shape index (κ1) is 22.5. The second-order valence-corrected chi connectivity index (χ2v) is 8.96. The Labute approximate surface area is 193 Å². The zero-order valence-corrected chi connectivity index (χ0v) is 19.9. The Balaban J connectivity index is 1.79. The van der Waals surface area contributed by atoms with Gasteiger partial charge in [-0.15, -0.1) is 0 Å². The smallest absolute Gasteiger partial charge is 0.293 e. The predicted molar refractivity (Wildman–Crippen MR) is 131 cm³/mol. The Morgan fingerprint density at radius 3 is 2.42 bits per heavy atom. The van der Waals surface area contributed by atoms with Crippen molar-refractivity contribution in [2.75, 3.05) is 5.32 Å². The third-order valence-corrected chi connectivity index (χ3v) is 5.95. The number of benzene rings is 2. The van der Waals surface area contributed by atoms with E-state index < -0.39 is 0 Å². The Morgan fingerprint density at radius 2 is 1.73 bits per heavy atom. The van der Waals surface area contributed by atoms with E-state index in [-0.39, 0.29) is 23.9 Å². The van der Waals surface area contributed by atoms with Gasteiger partial charge in [0.1, 0.15) is 12.1 Å². The highest BCUT2D eigenvalue weighted by molar-refractivity contribution is 5.91. The molecule has 2 heterocycles. The molecule has 4 aromatic rings. The molecule has 33 heavy (non-hydrogen) atoms. The molecular weight excluding hydrogens is 414 g/mol. The van der Waals surface area contributed by atoms with Gasteiger partial charge in [0.15, 0.2) is 0 Å². The molecule has 0 unspecified atom stereocenters. The minimum Gasteiger partial charge on any atom is -0.324 e. The lowest BCUT2D eigenvalue weighted by molar-refractivity contribution is -0.117. The van der Waals surface area contributed by atoms with Gasteiger partial charge in [0.2, 0.25) is 5.91 Å². The number of hydrogen-bond donors (Lipinski definition) is 1. The monoisotopic (exact) mass is 443 g/mol. The molecule has 4 rings (SSSR count). The molecule has 170 valence electrons. The summed E-state index contributed by atoms with van der Waals surface area (Å²) in [7, 11) is 0. The topological polar surface area (TPSA) is 81.8 Å². The fourth-order valence-corrected chi connectivity index (χ4v) is 3.88. The standard InChI is InChI=1S/C26H29N5O2/c1-15(2)24-21-13-27-31(20-10-9-17(4)19(6)12-20)25(21)26(33)30(29-24)14-23(32)28-22-11-16(3)7-8-18(22)5/h7-13,15H,14H2,1-6H3,(H,28,32). The van der Waals surface area contributed by atoms with Crippen molar-refractivity contribution >= 4 is 22.5 Å². The van der Waals surface area contributed by atoms with Crippen LogP contribution in [0.2, 0.25) is 0 Å². The molecule has 0 bridgehead atoms. The number of aromatic nitrogens is 4. The number of carbonyl (C=O) groups is 1. The van der Waals surface area contributed by atoms with Gasteiger partial charge in [-0.25, -0.2) is 9.36 Å². The molecule has 0 spiro atoms. The largest absolute Gasteiger partial charge is 0.324 e. The van der Waals surface area contributed by atoms with Crippen molar-refractivity contribution in [1.82, 2.24) is 19.6 Å². The Kier molecular flexibility index (Phi) is 5.89. The van der Waals surface area contributed by atoms with E-state index in [1.165, 1.54) is 10.2 Å². The van der Waals surface area contributed by atoms with Crippen molar-refractivity contribution in [2.24, 2.45) is 0 Å². The van der Waals surface area contributed by atoms with Crippen LogP contribution in [-0.4, -0.2) is 25.5 Å². The lowest BCUT2D eigenvalue weighted by Crippen LogP contribution is -2.31. The molecule has 0 fully saturated rings. The minimum absolute atomic E-state index is 0.0545. The fourth-order valence-electron chi connectivity index (χ4n) is 3.88. The Bertz CT molecular complexity index is 1430. The first-order valence-corrected chi connectivity index (χ1v) is 11.1. The van der Waals surface area contributed by atoms with Crippen LogP contribution in [0.25, 0.3) is 16.6 Å². The molecule has 0 saturated carbocycles. The number of amides is 1. The normalized spacial score (nSPS) is 11.4. The van der Waals surface area contributed by atoms with Crippen LogP contribution in [0, 0.1) is 27.7 Å². The van der Waals surface area contributed by atoms with Crippen LogP contribution in [0.4, 0.5) is 5.69 Å². The average Bonchev–Trinajstić information content (AvgIpc) is 3.20. The molecular formula is C26H29N5O2. The van der Waals surface area contributed by atoms with Gasteiger partial charge in [0.25, 0.3) is 5.56 Å². The highest BCUT2D eigenvalue weighted by Crippen LogP contribution is 2.24. The number of fused-ring (bicyclic) bond motifs is 1. The van der Waals surface area contributed by atoms with Crippen molar-refractivity contribution in [1.29, 1.82) is 0 Å². The van der Waals surface area contributed by atoms with E-state index in [1.807, 2.05) is 77.9 Å². The van der Waals surface area contributed by atoms with Gasteiger partial charge in [-0.05, 0) is 74.1 Å². The predicted octanol–water partition coefficient (Wildman–Crippen LogP) is 4.58. The van der Waals surface area contributed by atoms with E-state index in [4.69, 9.17) is 0 Å². The van der Waals surface area contributed by atoms with Crippen LogP contribution >= 0.6 is 0 Å². The summed E-state index contributed by atoms with van der Waals surface area (Å²) in [5.41, 5.74) is 6.64. The highest BCUT2D eigenvalue weighted by Gasteiger charge is 2.20. The lowest BCUT2D eigenvalue weighted by Gasteiger charge is -2.13. The van der Waals surface area contributed by atoms with Gasteiger partial charge < -0.3 is 5.32 Å². The summed E-state index contributed by atoms with van der Waals surface area (Å²) < 4.78 is 2.90. The van der Waals surface area contributed by atoms with Crippen LogP contribution in [0.3, 0.4) is 0 Å². The van der Waals surface area contributed by atoms with Gasteiger partial charge in [0.05, 0.1) is 17.6 Å². The zero-order chi connectivity index (χ0) is 23.9. The van der Waals surface area contributed by atoms with E-state index in [2.05, 4.69) is 15.5 Å². The molecule has 0 aliphatic carbocycles. The van der Waals surface area contributed by atoms with E-state index in [0.29, 0.717) is 10.9 Å². The molecule has 7 nitrogen and oxygen atoms in total. The van der Waals surface area contributed by atoms with Crippen LogP contribution in [0.1, 0.15) is 47.7 Å². The second kappa shape index (κ2) is 8.65. The number of aryl methyl sites for hydroxylation is 4. The van der Waals surface area contributed by atoms with Gasteiger partial charge in [0, 0.05) is 11.1 Å². The number of anilines is 1. The van der Waals surface area contributed by atoms with E-state index in [1.54, 1.807) is 10.9 Å². The molecule has 7 heteroatoms. The molecule has 1 amide bonds. The van der Waals surface area contributed by atoms with Crippen LogP contribution in [-0.2, 0) is 11.3 Å². The zero-order valence-electron chi connectivity index (χ0n) is 19.9. The van der Waals surface area contributed by atoms with E-state index >= 15 is 0 Å². The Hall–Kier alpha value is -3.74. The maximum absolute atomic E-state index is 13.5. The minimum atomic E-state index is -0.346. The van der Waals surface area contributed by atoms with Crippen molar-refractivity contribution < 1.29 is 4.79 Å². The van der Waals surface area contributed by atoms with Gasteiger partial charge in [-0.1, -0.05) is 32.0 Å². The first-order chi connectivity index (χ1) is 15.7. The van der Waals surface area contributed by atoms with Gasteiger partial charge >= 0.3 is 0 Å². The third-order valence-electron chi connectivity index (χ3n) is 5.95. The van der Waals surface area contributed by atoms with Crippen LogP contribution in [0.5, 0.6) is 0 Å². The molecule has 0 radical (unpaired) electrons. The fraction of sp³-hybridized carbons (Fsp3) is 0.308. The van der Waals surface area contributed by atoms with Crippen molar-refractivity contribution in [3.05, 3.63) is 80.9 Å². The number of carbonyl (C=O) groups excluding carboxylic acids is 1. The molecule has 0 saturated heterocycles. The van der Waals surface area contributed by atoms with Crippen molar-refractivity contribution in [2.45, 2.75) is 54.0 Å². The number of hydrogen-bond acceptors (Lipinski definition) is 4. The van der Waals surface area contributed by atoms with E-state index in [0.717, 1.165) is 33.8 Å². The summed E-state index contributed by atoms with van der Waals surface area (Å²) in [6.07, 6.45) is 1.69. The third kappa shape index (κ3) is 4.31.